The number of pyridine rings is 1. The highest BCUT2D eigenvalue weighted by Gasteiger charge is 2.09. The molecular formula is C11H14FN3. The molecule has 1 unspecified atom stereocenters. The summed E-state index contributed by atoms with van der Waals surface area (Å²) in [5.74, 6) is 10.8. The highest BCUT2D eigenvalue weighted by molar-refractivity contribution is 5.15. The Hall–Kier alpha value is -1.44. The van der Waals surface area contributed by atoms with E-state index in [9.17, 15) is 4.39 Å². The molecule has 0 spiro atoms. The fraction of sp³-hybridized carbons (Fsp3) is 0.364. The fourth-order valence-corrected chi connectivity index (χ4v) is 1.31. The Labute approximate surface area is 88.9 Å². The van der Waals surface area contributed by atoms with Crippen molar-refractivity contribution < 1.29 is 4.39 Å². The van der Waals surface area contributed by atoms with E-state index in [2.05, 4.69) is 22.3 Å². The van der Waals surface area contributed by atoms with E-state index in [4.69, 9.17) is 5.84 Å². The molecule has 0 aliphatic carbocycles. The summed E-state index contributed by atoms with van der Waals surface area (Å²) >= 11 is 0. The van der Waals surface area contributed by atoms with E-state index in [-0.39, 0.29) is 11.9 Å². The van der Waals surface area contributed by atoms with E-state index in [1.165, 1.54) is 12.3 Å². The quantitative estimate of drug-likeness (QED) is 0.447. The van der Waals surface area contributed by atoms with Crippen molar-refractivity contribution in [3.05, 3.63) is 29.8 Å². The maximum absolute atomic E-state index is 12.9. The van der Waals surface area contributed by atoms with E-state index in [1.807, 2.05) is 0 Å². The number of hydrogen-bond acceptors (Lipinski definition) is 3. The van der Waals surface area contributed by atoms with Gasteiger partial charge in [0.15, 0.2) is 0 Å². The Morgan fingerprint density at radius 2 is 2.40 bits per heavy atom. The van der Waals surface area contributed by atoms with Gasteiger partial charge < -0.3 is 0 Å². The van der Waals surface area contributed by atoms with Gasteiger partial charge >= 0.3 is 0 Å². The Morgan fingerprint density at radius 1 is 1.60 bits per heavy atom. The second kappa shape index (κ2) is 6.12. The van der Waals surface area contributed by atoms with E-state index in [0.29, 0.717) is 0 Å². The average molecular weight is 207 g/mol. The summed E-state index contributed by atoms with van der Waals surface area (Å²) in [4.78, 5) is 3.77. The van der Waals surface area contributed by atoms with Crippen LogP contribution in [0.15, 0.2) is 18.5 Å². The second-order valence-corrected chi connectivity index (χ2v) is 3.12. The van der Waals surface area contributed by atoms with Crippen LogP contribution in [0.2, 0.25) is 0 Å². The van der Waals surface area contributed by atoms with Crippen molar-refractivity contribution in [1.82, 2.24) is 10.4 Å². The minimum absolute atomic E-state index is 0.103. The summed E-state index contributed by atoms with van der Waals surface area (Å²) < 4.78 is 12.9. The van der Waals surface area contributed by atoms with Gasteiger partial charge in [-0.3, -0.25) is 16.3 Å². The SMILES string of the molecule is CC#CCCC(NN)c1cncc(F)c1. The molecule has 1 heterocycles. The molecule has 3 nitrogen and oxygen atoms in total. The molecule has 0 radical (unpaired) electrons. The third kappa shape index (κ3) is 3.66. The van der Waals surface area contributed by atoms with Gasteiger partial charge in [0.05, 0.1) is 6.20 Å². The van der Waals surface area contributed by atoms with Crippen molar-refractivity contribution in [2.75, 3.05) is 0 Å². The first-order valence-corrected chi connectivity index (χ1v) is 4.74. The maximum Gasteiger partial charge on any atom is 0.141 e. The Morgan fingerprint density at radius 3 is 3.00 bits per heavy atom. The fourth-order valence-electron chi connectivity index (χ4n) is 1.31. The average Bonchev–Trinajstić information content (AvgIpc) is 2.24. The number of aromatic nitrogens is 1. The molecule has 0 fully saturated rings. The van der Waals surface area contributed by atoms with E-state index < -0.39 is 0 Å². The standard InChI is InChI=1S/C11H14FN3/c1-2-3-4-5-11(15-13)9-6-10(12)8-14-7-9/h6-8,11,15H,4-5,13H2,1H3. The maximum atomic E-state index is 12.9. The molecule has 1 aromatic rings. The summed E-state index contributed by atoms with van der Waals surface area (Å²) in [5.41, 5.74) is 3.38. The molecule has 1 atom stereocenters. The van der Waals surface area contributed by atoms with Gasteiger partial charge in [-0.2, -0.15) is 0 Å². The number of rotatable bonds is 4. The summed E-state index contributed by atoms with van der Waals surface area (Å²) in [5, 5.41) is 0. The molecule has 0 saturated carbocycles. The molecule has 0 aliphatic heterocycles. The summed E-state index contributed by atoms with van der Waals surface area (Å²) in [6.07, 6.45) is 4.24. The number of nitrogens with one attached hydrogen (secondary N) is 1. The second-order valence-electron chi connectivity index (χ2n) is 3.12. The molecule has 4 heteroatoms. The number of halogens is 1. The van der Waals surface area contributed by atoms with Crippen molar-refractivity contribution in [3.8, 4) is 11.8 Å². The van der Waals surface area contributed by atoms with Gasteiger partial charge in [0.2, 0.25) is 0 Å². The summed E-state index contributed by atoms with van der Waals surface area (Å²) in [6, 6.07) is 1.32. The first-order chi connectivity index (χ1) is 7.27. The minimum atomic E-state index is -0.352. The van der Waals surface area contributed by atoms with Crippen LogP contribution >= 0.6 is 0 Å². The van der Waals surface area contributed by atoms with Crippen molar-refractivity contribution in [2.45, 2.75) is 25.8 Å². The van der Waals surface area contributed by atoms with Crippen LogP contribution in [0.1, 0.15) is 31.4 Å². The van der Waals surface area contributed by atoms with Crippen LogP contribution in [-0.4, -0.2) is 4.98 Å². The topological polar surface area (TPSA) is 50.9 Å². The first-order valence-electron chi connectivity index (χ1n) is 4.74. The molecule has 1 aromatic heterocycles. The Bertz CT molecular complexity index is 368. The number of hydrazine groups is 1. The van der Waals surface area contributed by atoms with Crippen LogP contribution in [-0.2, 0) is 0 Å². The Kier molecular flexibility index (Phi) is 4.75. The van der Waals surface area contributed by atoms with E-state index in [0.717, 1.165) is 18.4 Å². The highest BCUT2D eigenvalue weighted by atomic mass is 19.1. The zero-order valence-corrected chi connectivity index (χ0v) is 8.63. The largest absolute Gasteiger partial charge is 0.271 e. The van der Waals surface area contributed by atoms with E-state index >= 15 is 0 Å². The van der Waals surface area contributed by atoms with Gasteiger partial charge in [0.25, 0.3) is 0 Å². The van der Waals surface area contributed by atoms with Crippen LogP contribution in [0.3, 0.4) is 0 Å². The monoisotopic (exact) mass is 207 g/mol. The van der Waals surface area contributed by atoms with Gasteiger partial charge in [0, 0.05) is 18.7 Å². The first kappa shape index (κ1) is 11.6. The lowest BCUT2D eigenvalue weighted by molar-refractivity contribution is 0.516. The van der Waals surface area contributed by atoms with Crippen molar-refractivity contribution in [1.29, 1.82) is 0 Å². The lowest BCUT2D eigenvalue weighted by Gasteiger charge is -2.14. The summed E-state index contributed by atoms with van der Waals surface area (Å²) in [6.45, 7) is 1.79. The molecule has 0 amide bonds. The van der Waals surface area contributed by atoms with E-state index in [1.54, 1.807) is 13.1 Å². The molecule has 0 saturated heterocycles. The van der Waals surface area contributed by atoms with Crippen LogP contribution in [0.5, 0.6) is 0 Å². The lowest BCUT2D eigenvalue weighted by Crippen LogP contribution is -2.28. The molecule has 0 aliphatic rings. The molecule has 3 N–H and O–H groups in total. The summed E-state index contributed by atoms with van der Waals surface area (Å²) in [7, 11) is 0. The van der Waals surface area contributed by atoms with Crippen LogP contribution in [0.4, 0.5) is 4.39 Å². The molecule has 80 valence electrons. The Balaban J connectivity index is 2.68. The smallest absolute Gasteiger partial charge is 0.141 e. The molecule has 1 rings (SSSR count). The third-order valence-corrected chi connectivity index (χ3v) is 2.06. The highest BCUT2D eigenvalue weighted by Crippen LogP contribution is 2.16. The third-order valence-electron chi connectivity index (χ3n) is 2.06. The lowest BCUT2D eigenvalue weighted by atomic mass is 10.0. The van der Waals surface area contributed by atoms with Crippen molar-refractivity contribution >= 4 is 0 Å². The number of nitrogens with zero attached hydrogens (tertiary/aromatic N) is 1. The minimum Gasteiger partial charge on any atom is -0.271 e. The van der Waals surface area contributed by atoms with Crippen molar-refractivity contribution in [3.63, 3.8) is 0 Å². The predicted molar refractivity (Wildman–Crippen MR) is 56.9 cm³/mol. The van der Waals surface area contributed by atoms with Gasteiger partial charge in [-0.1, -0.05) is 0 Å². The molecule has 15 heavy (non-hydrogen) atoms. The molecule has 0 aromatic carbocycles. The van der Waals surface area contributed by atoms with Crippen molar-refractivity contribution in [2.24, 2.45) is 5.84 Å². The van der Waals surface area contributed by atoms with Gasteiger partial charge in [0.1, 0.15) is 5.82 Å². The van der Waals surface area contributed by atoms with Gasteiger partial charge in [-0.15, -0.1) is 11.8 Å². The normalized spacial score (nSPS) is 11.7. The predicted octanol–water partition coefficient (Wildman–Crippen LogP) is 1.53. The number of nitrogens with two attached hydrogens (primary N) is 1. The van der Waals surface area contributed by atoms with Gasteiger partial charge in [-0.05, 0) is 25.0 Å². The van der Waals surface area contributed by atoms with Gasteiger partial charge in [-0.25, -0.2) is 4.39 Å². The van der Waals surface area contributed by atoms with Crippen LogP contribution in [0.25, 0.3) is 0 Å². The van der Waals surface area contributed by atoms with Crippen LogP contribution in [0, 0.1) is 17.7 Å². The van der Waals surface area contributed by atoms with Crippen LogP contribution < -0.4 is 11.3 Å². The zero-order valence-electron chi connectivity index (χ0n) is 8.63. The molecular weight excluding hydrogens is 193 g/mol. The number of hydrogen-bond donors (Lipinski definition) is 2. The molecule has 0 bridgehead atoms. The zero-order chi connectivity index (χ0) is 11.1.